The first-order valence-corrected chi connectivity index (χ1v) is 8.54. The SMILES string of the molecule is Cc1cnc(Nc2ccc3[nH]c(=O)oc3c2)nc1CCc1ccc(F)cc1. The smallest absolute Gasteiger partial charge is 0.408 e. The number of oxazole rings is 1. The first-order chi connectivity index (χ1) is 13.1. The van der Waals surface area contributed by atoms with Gasteiger partial charge < -0.3 is 9.73 Å². The van der Waals surface area contributed by atoms with Crippen molar-refractivity contribution in [3.63, 3.8) is 0 Å². The Labute approximate surface area is 154 Å². The van der Waals surface area contributed by atoms with Gasteiger partial charge in [0, 0.05) is 23.6 Å². The molecule has 0 fully saturated rings. The van der Waals surface area contributed by atoms with E-state index in [1.165, 1.54) is 12.1 Å². The van der Waals surface area contributed by atoms with Gasteiger partial charge in [0.1, 0.15) is 5.82 Å². The first kappa shape index (κ1) is 17.0. The van der Waals surface area contributed by atoms with Gasteiger partial charge in [-0.3, -0.25) is 4.98 Å². The van der Waals surface area contributed by atoms with E-state index in [2.05, 4.69) is 20.3 Å². The number of nitrogens with one attached hydrogen (secondary N) is 2. The quantitative estimate of drug-likeness (QED) is 0.561. The zero-order valence-electron chi connectivity index (χ0n) is 14.6. The lowest BCUT2D eigenvalue weighted by Crippen LogP contribution is -2.04. The van der Waals surface area contributed by atoms with Crippen LogP contribution in [0.5, 0.6) is 0 Å². The molecule has 2 aromatic heterocycles. The van der Waals surface area contributed by atoms with Gasteiger partial charge in [-0.05, 0) is 55.2 Å². The largest absolute Gasteiger partial charge is 0.417 e. The average Bonchev–Trinajstić information content (AvgIpc) is 3.03. The number of H-pyrrole nitrogens is 1. The third kappa shape index (κ3) is 3.87. The van der Waals surface area contributed by atoms with Crippen LogP contribution in [0, 0.1) is 12.7 Å². The van der Waals surface area contributed by atoms with Crippen LogP contribution >= 0.6 is 0 Å². The molecule has 0 aliphatic heterocycles. The molecule has 2 N–H and O–H groups in total. The molecule has 0 atom stereocenters. The van der Waals surface area contributed by atoms with Gasteiger partial charge in [-0.1, -0.05) is 12.1 Å². The molecule has 136 valence electrons. The van der Waals surface area contributed by atoms with Gasteiger partial charge in [0.15, 0.2) is 5.58 Å². The van der Waals surface area contributed by atoms with Crippen LogP contribution in [-0.4, -0.2) is 15.0 Å². The number of aromatic amines is 1. The van der Waals surface area contributed by atoms with E-state index >= 15 is 0 Å². The first-order valence-electron chi connectivity index (χ1n) is 8.54. The van der Waals surface area contributed by atoms with Crippen molar-refractivity contribution in [1.29, 1.82) is 0 Å². The molecule has 0 radical (unpaired) electrons. The lowest BCUT2D eigenvalue weighted by Gasteiger charge is -2.09. The van der Waals surface area contributed by atoms with Gasteiger partial charge in [0.25, 0.3) is 0 Å². The summed E-state index contributed by atoms with van der Waals surface area (Å²) >= 11 is 0. The predicted molar refractivity (Wildman–Crippen MR) is 101 cm³/mol. The van der Waals surface area contributed by atoms with E-state index in [-0.39, 0.29) is 5.82 Å². The summed E-state index contributed by atoms with van der Waals surface area (Å²) in [5, 5.41) is 3.13. The maximum Gasteiger partial charge on any atom is 0.417 e. The molecule has 0 bridgehead atoms. The lowest BCUT2D eigenvalue weighted by atomic mass is 10.1. The molecule has 4 rings (SSSR count). The molecule has 6 nitrogen and oxygen atoms in total. The number of aryl methyl sites for hydroxylation is 3. The summed E-state index contributed by atoms with van der Waals surface area (Å²) in [5.74, 6) is -0.262. The number of hydrogen-bond acceptors (Lipinski definition) is 5. The van der Waals surface area contributed by atoms with Crippen LogP contribution in [0.1, 0.15) is 16.8 Å². The van der Waals surface area contributed by atoms with Gasteiger partial charge in [0.05, 0.1) is 5.52 Å². The lowest BCUT2D eigenvalue weighted by molar-refractivity contribution is 0.555. The van der Waals surface area contributed by atoms with Crippen molar-refractivity contribution >= 4 is 22.7 Å². The topological polar surface area (TPSA) is 83.8 Å². The number of hydrogen-bond donors (Lipinski definition) is 2. The Hall–Kier alpha value is -3.48. The second-order valence-corrected chi connectivity index (χ2v) is 6.30. The molecule has 4 aromatic rings. The second kappa shape index (κ2) is 7.03. The van der Waals surface area contributed by atoms with Crippen molar-refractivity contribution in [3.8, 4) is 0 Å². The highest BCUT2D eigenvalue weighted by Gasteiger charge is 2.07. The van der Waals surface area contributed by atoms with Crippen LogP contribution in [0.3, 0.4) is 0 Å². The number of rotatable bonds is 5. The zero-order valence-corrected chi connectivity index (χ0v) is 14.6. The highest BCUT2D eigenvalue weighted by Crippen LogP contribution is 2.20. The molecule has 7 heteroatoms. The third-order valence-electron chi connectivity index (χ3n) is 4.32. The Morgan fingerprint density at radius 3 is 2.78 bits per heavy atom. The van der Waals surface area contributed by atoms with Crippen molar-refractivity contribution in [2.24, 2.45) is 0 Å². The molecular formula is C20H17FN4O2. The Morgan fingerprint density at radius 2 is 1.96 bits per heavy atom. The third-order valence-corrected chi connectivity index (χ3v) is 4.32. The van der Waals surface area contributed by atoms with Gasteiger partial charge in [-0.25, -0.2) is 19.2 Å². The maximum atomic E-state index is 13.0. The van der Waals surface area contributed by atoms with Crippen LogP contribution < -0.4 is 11.1 Å². The molecule has 2 heterocycles. The highest BCUT2D eigenvalue weighted by atomic mass is 19.1. The standard InChI is InChI=1S/C20H17FN4O2/c1-12-11-22-19(23-15-7-9-17-18(10-15)27-20(26)25-17)24-16(12)8-4-13-2-5-14(21)6-3-13/h2-3,5-7,9-11H,4,8H2,1H3,(H,25,26)(H,22,23,24). The summed E-state index contributed by atoms with van der Waals surface area (Å²) in [6.07, 6.45) is 3.25. The Balaban J connectivity index is 1.51. The molecule has 0 aliphatic rings. The van der Waals surface area contributed by atoms with E-state index in [9.17, 15) is 9.18 Å². The Kier molecular flexibility index (Phi) is 4.42. The van der Waals surface area contributed by atoms with E-state index in [0.717, 1.165) is 35.3 Å². The fourth-order valence-electron chi connectivity index (χ4n) is 2.86. The molecule has 0 saturated heterocycles. The number of halogens is 1. The van der Waals surface area contributed by atoms with Crippen LogP contribution in [0.15, 0.2) is 57.9 Å². The minimum Gasteiger partial charge on any atom is -0.408 e. The molecule has 0 aliphatic carbocycles. The second-order valence-electron chi connectivity index (χ2n) is 6.30. The van der Waals surface area contributed by atoms with Crippen molar-refractivity contribution in [2.45, 2.75) is 19.8 Å². The number of benzene rings is 2. The van der Waals surface area contributed by atoms with Gasteiger partial charge in [-0.2, -0.15) is 0 Å². The van der Waals surface area contributed by atoms with E-state index < -0.39 is 5.76 Å². The van der Waals surface area contributed by atoms with Crippen molar-refractivity contribution in [3.05, 3.63) is 81.9 Å². The number of nitrogens with zero attached hydrogens (tertiary/aromatic N) is 2. The molecular weight excluding hydrogens is 347 g/mol. The summed E-state index contributed by atoms with van der Waals surface area (Å²) < 4.78 is 18.1. The highest BCUT2D eigenvalue weighted by molar-refractivity contribution is 5.77. The minimum absolute atomic E-state index is 0.237. The van der Waals surface area contributed by atoms with Gasteiger partial charge in [-0.15, -0.1) is 0 Å². The van der Waals surface area contributed by atoms with Crippen molar-refractivity contribution < 1.29 is 8.81 Å². The maximum absolute atomic E-state index is 13.0. The number of anilines is 2. The van der Waals surface area contributed by atoms with Crippen molar-refractivity contribution in [1.82, 2.24) is 15.0 Å². The van der Waals surface area contributed by atoms with Crippen LogP contribution in [0.4, 0.5) is 16.0 Å². The summed E-state index contributed by atoms with van der Waals surface area (Å²) in [4.78, 5) is 22.8. The zero-order chi connectivity index (χ0) is 18.8. The normalized spacial score (nSPS) is 11.0. The van der Waals surface area contributed by atoms with Crippen LogP contribution in [0.2, 0.25) is 0 Å². The van der Waals surface area contributed by atoms with Gasteiger partial charge >= 0.3 is 5.76 Å². The van der Waals surface area contributed by atoms with Crippen LogP contribution in [0.25, 0.3) is 11.1 Å². The average molecular weight is 364 g/mol. The number of aromatic nitrogens is 3. The Bertz CT molecular complexity index is 1150. The van der Waals surface area contributed by atoms with E-state index in [0.29, 0.717) is 17.0 Å². The molecule has 0 saturated carbocycles. The summed E-state index contributed by atoms with van der Waals surface area (Å²) in [7, 11) is 0. The molecule has 0 amide bonds. The van der Waals surface area contributed by atoms with Gasteiger partial charge in [0.2, 0.25) is 5.95 Å². The van der Waals surface area contributed by atoms with Crippen molar-refractivity contribution in [2.75, 3.05) is 5.32 Å². The molecule has 0 spiro atoms. The number of fused-ring (bicyclic) bond motifs is 1. The summed E-state index contributed by atoms with van der Waals surface area (Å²) in [5.41, 5.74) is 4.79. The Morgan fingerprint density at radius 1 is 1.15 bits per heavy atom. The molecule has 27 heavy (non-hydrogen) atoms. The summed E-state index contributed by atoms with van der Waals surface area (Å²) in [6.45, 7) is 1.96. The molecule has 2 aromatic carbocycles. The predicted octanol–water partition coefficient (Wildman–Crippen LogP) is 3.89. The fourth-order valence-corrected chi connectivity index (χ4v) is 2.86. The minimum atomic E-state index is -0.489. The van der Waals surface area contributed by atoms with E-state index in [4.69, 9.17) is 4.42 Å². The van der Waals surface area contributed by atoms with E-state index in [1.807, 2.05) is 13.0 Å². The fraction of sp³-hybridized carbons (Fsp3) is 0.150. The summed E-state index contributed by atoms with van der Waals surface area (Å²) in [6, 6.07) is 11.8. The monoisotopic (exact) mass is 364 g/mol. The molecule has 0 unspecified atom stereocenters. The van der Waals surface area contributed by atoms with E-state index in [1.54, 1.807) is 30.5 Å². The van der Waals surface area contributed by atoms with Crippen LogP contribution in [-0.2, 0) is 12.8 Å².